The highest BCUT2D eigenvalue weighted by atomic mass is 16.5. The highest BCUT2D eigenvalue weighted by molar-refractivity contribution is 5.54. The highest BCUT2D eigenvalue weighted by Crippen LogP contribution is 2.31. The third-order valence-corrected chi connectivity index (χ3v) is 3.40. The third-order valence-electron chi connectivity index (χ3n) is 3.40. The van der Waals surface area contributed by atoms with Crippen molar-refractivity contribution in [3.8, 4) is 5.75 Å². The van der Waals surface area contributed by atoms with Crippen molar-refractivity contribution in [3.63, 3.8) is 0 Å². The second-order valence-electron chi connectivity index (χ2n) is 4.62. The van der Waals surface area contributed by atoms with Gasteiger partial charge in [-0.05, 0) is 30.2 Å². The molecule has 0 saturated heterocycles. The summed E-state index contributed by atoms with van der Waals surface area (Å²) >= 11 is 0. The van der Waals surface area contributed by atoms with E-state index in [4.69, 9.17) is 4.74 Å². The Morgan fingerprint density at radius 1 is 1.00 bits per heavy atom. The van der Waals surface area contributed by atoms with Gasteiger partial charge in [-0.15, -0.1) is 0 Å². The molecular weight excluding hydrogens is 222 g/mol. The lowest BCUT2D eigenvalue weighted by molar-refractivity contribution is 0.282. The lowest BCUT2D eigenvalue weighted by atomic mass is 9.92. The molecule has 1 heterocycles. The van der Waals surface area contributed by atoms with Gasteiger partial charge in [-0.3, -0.25) is 0 Å². The van der Waals surface area contributed by atoms with Gasteiger partial charge >= 0.3 is 0 Å². The first-order chi connectivity index (χ1) is 8.93. The van der Waals surface area contributed by atoms with Gasteiger partial charge in [0.1, 0.15) is 5.75 Å². The Morgan fingerprint density at radius 2 is 1.78 bits per heavy atom. The molecule has 0 bridgehead atoms. The summed E-state index contributed by atoms with van der Waals surface area (Å²) in [5, 5.41) is 3.44. The van der Waals surface area contributed by atoms with Gasteiger partial charge in [0.25, 0.3) is 0 Å². The minimum Gasteiger partial charge on any atom is -0.493 e. The van der Waals surface area contributed by atoms with Gasteiger partial charge in [-0.25, -0.2) is 0 Å². The number of ether oxygens (including phenoxy) is 1. The third kappa shape index (κ3) is 2.33. The summed E-state index contributed by atoms with van der Waals surface area (Å²) in [5.74, 6) is 1.44. The molecule has 1 atom stereocenters. The Hall–Kier alpha value is -1.96. The van der Waals surface area contributed by atoms with Crippen molar-refractivity contribution in [1.82, 2.24) is 0 Å². The minimum absolute atomic E-state index is 0.489. The van der Waals surface area contributed by atoms with Crippen LogP contribution in [0, 0.1) is 0 Å². The highest BCUT2D eigenvalue weighted by Gasteiger charge is 2.19. The van der Waals surface area contributed by atoms with Crippen LogP contribution in [0.2, 0.25) is 0 Å². The van der Waals surface area contributed by atoms with E-state index >= 15 is 0 Å². The standard InChI is InChI=1S/C16H17NO/c1-2-6-14(7-3-1)18-12-13-10-11-17-16-9-5-4-8-15(13)16/h1-9,13,17H,10-12H2. The van der Waals surface area contributed by atoms with E-state index in [2.05, 4.69) is 29.6 Å². The number of rotatable bonds is 3. The van der Waals surface area contributed by atoms with E-state index in [1.807, 2.05) is 30.3 Å². The Balaban J connectivity index is 1.71. The average Bonchev–Trinajstić information content (AvgIpc) is 2.46. The lowest BCUT2D eigenvalue weighted by Gasteiger charge is -2.26. The van der Waals surface area contributed by atoms with Gasteiger partial charge in [0.05, 0.1) is 6.61 Å². The maximum Gasteiger partial charge on any atom is 0.119 e. The van der Waals surface area contributed by atoms with Crippen molar-refractivity contribution >= 4 is 5.69 Å². The van der Waals surface area contributed by atoms with E-state index in [1.165, 1.54) is 11.3 Å². The van der Waals surface area contributed by atoms with E-state index in [1.54, 1.807) is 0 Å². The molecule has 1 aliphatic heterocycles. The van der Waals surface area contributed by atoms with Crippen molar-refractivity contribution in [1.29, 1.82) is 0 Å². The summed E-state index contributed by atoms with van der Waals surface area (Å²) in [5.41, 5.74) is 2.63. The van der Waals surface area contributed by atoms with Crippen LogP contribution in [0.15, 0.2) is 54.6 Å². The molecule has 1 aliphatic rings. The van der Waals surface area contributed by atoms with E-state index in [9.17, 15) is 0 Å². The Kier molecular flexibility index (Phi) is 3.18. The van der Waals surface area contributed by atoms with Gasteiger partial charge in [0, 0.05) is 18.2 Å². The molecule has 2 nitrogen and oxygen atoms in total. The lowest BCUT2D eigenvalue weighted by Crippen LogP contribution is -2.21. The normalized spacial score (nSPS) is 17.7. The smallest absolute Gasteiger partial charge is 0.119 e. The van der Waals surface area contributed by atoms with Crippen LogP contribution in [0.4, 0.5) is 5.69 Å². The SMILES string of the molecule is c1ccc(OCC2CCNc3ccccc32)cc1. The number of para-hydroxylation sites is 2. The molecule has 0 amide bonds. The summed E-state index contributed by atoms with van der Waals surface area (Å²) in [7, 11) is 0. The fraction of sp³-hybridized carbons (Fsp3) is 0.250. The molecule has 1 unspecified atom stereocenters. The van der Waals surface area contributed by atoms with Gasteiger partial charge in [0.2, 0.25) is 0 Å². The fourth-order valence-corrected chi connectivity index (χ4v) is 2.44. The molecule has 0 saturated carbocycles. The quantitative estimate of drug-likeness (QED) is 0.882. The van der Waals surface area contributed by atoms with Gasteiger partial charge < -0.3 is 10.1 Å². The zero-order valence-electron chi connectivity index (χ0n) is 10.3. The maximum atomic E-state index is 5.87. The van der Waals surface area contributed by atoms with Crippen molar-refractivity contribution in [3.05, 3.63) is 60.2 Å². The minimum atomic E-state index is 0.489. The monoisotopic (exact) mass is 239 g/mol. The summed E-state index contributed by atoms with van der Waals surface area (Å²) in [6.07, 6.45) is 1.13. The Morgan fingerprint density at radius 3 is 2.67 bits per heavy atom. The van der Waals surface area contributed by atoms with Crippen molar-refractivity contribution in [2.45, 2.75) is 12.3 Å². The molecule has 0 fully saturated rings. The number of hydrogen-bond acceptors (Lipinski definition) is 2. The molecule has 0 spiro atoms. The van der Waals surface area contributed by atoms with Crippen LogP contribution in [0.5, 0.6) is 5.75 Å². The molecule has 0 radical (unpaired) electrons. The summed E-state index contributed by atoms with van der Waals surface area (Å²) in [4.78, 5) is 0. The second-order valence-corrected chi connectivity index (χ2v) is 4.62. The van der Waals surface area contributed by atoms with Crippen molar-refractivity contribution < 1.29 is 4.74 Å². The molecule has 92 valence electrons. The summed E-state index contributed by atoms with van der Waals surface area (Å²) in [6, 6.07) is 18.5. The first-order valence-electron chi connectivity index (χ1n) is 6.44. The van der Waals surface area contributed by atoms with E-state index in [0.29, 0.717) is 5.92 Å². The van der Waals surface area contributed by atoms with Crippen LogP contribution >= 0.6 is 0 Å². The molecule has 0 aliphatic carbocycles. The topological polar surface area (TPSA) is 21.3 Å². The number of anilines is 1. The van der Waals surface area contributed by atoms with E-state index in [0.717, 1.165) is 25.3 Å². The van der Waals surface area contributed by atoms with Crippen LogP contribution in [-0.2, 0) is 0 Å². The van der Waals surface area contributed by atoms with Crippen molar-refractivity contribution in [2.75, 3.05) is 18.5 Å². The summed E-state index contributed by atoms with van der Waals surface area (Å²) < 4.78 is 5.87. The molecule has 1 N–H and O–H groups in total. The Bertz CT molecular complexity index is 510. The molecule has 2 aromatic carbocycles. The largest absolute Gasteiger partial charge is 0.493 e. The predicted molar refractivity (Wildman–Crippen MR) is 74.2 cm³/mol. The van der Waals surface area contributed by atoms with Gasteiger partial charge in [0.15, 0.2) is 0 Å². The molecular formula is C16H17NO. The number of nitrogens with one attached hydrogen (secondary N) is 1. The number of benzene rings is 2. The van der Waals surface area contributed by atoms with E-state index < -0.39 is 0 Å². The van der Waals surface area contributed by atoms with Crippen LogP contribution in [0.3, 0.4) is 0 Å². The van der Waals surface area contributed by atoms with Crippen LogP contribution < -0.4 is 10.1 Å². The van der Waals surface area contributed by atoms with Crippen LogP contribution in [-0.4, -0.2) is 13.2 Å². The Labute approximate surface area is 108 Å². The van der Waals surface area contributed by atoms with Crippen LogP contribution in [0.25, 0.3) is 0 Å². The number of fused-ring (bicyclic) bond motifs is 1. The maximum absolute atomic E-state index is 5.87. The average molecular weight is 239 g/mol. The molecule has 2 heteroatoms. The summed E-state index contributed by atoms with van der Waals surface area (Å²) in [6.45, 7) is 1.78. The molecule has 2 aromatic rings. The van der Waals surface area contributed by atoms with E-state index in [-0.39, 0.29) is 0 Å². The fourth-order valence-electron chi connectivity index (χ4n) is 2.44. The molecule has 18 heavy (non-hydrogen) atoms. The molecule has 0 aromatic heterocycles. The first-order valence-corrected chi connectivity index (χ1v) is 6.44. The zero-order valence-corrected chi connectivity index (χ0v) is 10.3. The predicted octanol–water partition coefficient (Wildman–Crippen LogP) is 3.66. The van der Waals surface area contributed by atoms with Crippen LogP contribution in [0.1, 0.15) is 17.9 Å². The second kappa shape index (κ2) is 5.13. The molecule has 3 rings (SSSR count). The van der Waals surface area contributed by atoms with Gasteiger partial charge in [-0.1, -0.05) is 36.4 Å². The number of hydrogen-bond donors (Lipinski definition) is 1. The zero-order chi connectivity index (χ0) is 12.2. The van der Waals surface area contributed by atoms with Crippen molar-refractivity contribution in [2.24, 2.45) is 0 Å². The first kappa shape index (κ1) is 11.1. The van der Waals surface area contributed by atoms with Gasteiger partial charge in [-0.2, -0.15) is 0 Å².